The van der Waals surface area contributed by atoms with Crippen molar-refractivity contribution in [3.63, 3.8) is 0 Å². The first kappa shape index (κ1) is 15.9. The lowest BCUT2D eigenvalue weighted by molar-refractivity contribution is -0.111. The Bertz CT molecular complexity index is 631. The standard InChI is InChI=1S/C15H21FN2O3S/c1-17-15(12-7-3-4-8-13(12)16)14(11-21-17)22(19,20)18-9-5-2-6-10-18/h3-4,7-8,14-15H,2,5-6,9-11H2,1H3/t14-,15+/m0/s1. The van der Waals surface area contributed by atoms with Gasteiger partial charge in [0.1, 0.15) is 11.1 Å². The highest BCUT2D eigenvalue weighted by Gasteiger charge is 2.46. The van der Waals surface area contributed by atoms with Gasteiger partial charge in [0.2, 0.25) is 10.0 Å². The minimum absolute atomic E-state index is 0.0638. The number of hydrogen-bond donors (Lipinski definition) is 0. The van der Waals surface area contributed by atoms with Gasteiger partial charge in [0.15, 0.2) is 0 Å². The van der Waals surface area contributed by atoms with Crippen LogP contribution in [-0.4, -0.2) is 49.8 Å². The molecule has 0 amide bonds. The van der Waals surface area contributed by atoms with Crippen molar-refractivity contribution in [2.45, 2.75) is 30.6 Å². The van der Waals surface area contributed by atoms with Gasteiger partial charge < -0.3 is 0 Å². The Balaban J connectivity index is 1.93. The number of rotatable bonds is 3. The first-order valence-corrected chi connectivity index (χ1v) is 9.11. The topological polar surface area (TPSA) is 49.9 Å². The van der Waals surface area contributed by atoms with Gasteiger partial charge in [-0.1, -0.05) is 24.6 Å². The van der Waals surface area contributed by atoms with E-state index < -0.39 is 27.1 Å². The van der Waals surface area contributed by atoms with E-state index in [1.807, 2.05) is 0 Å². The smallest absolute Gasteiger partial charge is 0.221 e. The Kier molecular flexibility index (Phi) is 4.49. The molecule has 0 radical (unpaired) electrons. The molecule has 2 aliphatic heterocycles. The highest BCUT2D eigenvalue weighted by atomic mass is 32.2. The van der Waals surface area contributed by atoms with Gasteiger partial charge in [0.05, 0.1) is 12.6 Å². The first-order valence-electron chi connectivity index (χ1n) is 7.61. The molecular formula is C15H21FN2O3S. The molecule has 2 saturated heterocycles. The Labute approximate surface area is 130 Å². The Hall–Kier alpha value is -1.02. The molecule has 2 atom stereocenters. The fourth-order valence-electron chi connectivity index (χ4n) is 3.27. The summed E-state index contributed by atoms with van der Waals surface area (Å²) in [5.41, 5.74) is 0.369. The molecule has 0 spiro atoms. The zero-order chi connectivity index (χ0) is 15.7. The van der Waals surface area contributed by atoms with E-state index >= 15 is 0 Å². The van der Waals surface area contributed by atoms with Crippen molar-refractivity contribution in [1.29, 1.82) is 0 Å². The van der Waals surface area contributed by atoms with Crippen LogP contribution in [-0.2, 0) is 14.9 Å². The third-order valence-corrected chi connectivity index (χ3v) is 6.71. The number of piperidine rings is 1. The largest absolute Gasteiger partial charge is 0.297 e. The zero-order valence-electron chi connectivity index (χ0n) is 12.6. The predicted octanol–water partition coefficient (Wildman–Crippen LogP) is 1.93. The molecule has 1 aromatic rings. The van der Waals surface area contributed by atoms with Crippen LogP contribution in [0.2, 0.25) is 0 Å². The van der Waals surface area contributed by atoms with Gasteiger partial charge in [-0.05, 0) is 18.9 Å². The van der Waals surface area contributed by atoms with Gasteiger partial charge in [-0.15, -0.1) is 0 Å². The van der Waals surface area contributed by atoms with Crippen molar-refractivity contribution in [1.82, 2.24) is 9.37 Å². The molecule has 3 rings (SSSR count). The summed E-state index contributed by atoms with van der Waals surface area (Å²) in [4.78, 5) is 5.43. The van der Waals surface area contributed by atoms with Crippen LogP contribution in [0, 0.1) is 5.82 Å². The molecule has 0 unspecified atom stereocenters. The minimum atomic E-state index is -3.51. The average Bonchev–Trinajstić information content (AvgIpc) is 2.91. The van der Waals surface area contributed by atoms with Crippen molar-refractivity contribution in [2.24, 2.45) is 0 Å². The van der Waals surface area contributed by atoms with Crippen LogP contribution in [0.1, 0.15) is 30.9 Å². The molecule has 0 aromatic heterocycles. The maximum Gasteiger partial charge on any atom is 0.221 e. The molecule has 0 saturated carbocycles. The van der Waals surface area contributed by atoms with E-state index in [4.69, 9.17) is 4.84 Å². The highest BCUT2D eigenvalue weighted by molar-refractivity contribution is 7.89. The Morgan fingerprint density at radius 3 is 2.55 bits per heavy atom. The lowest BCUT2D eigenvalue weighted by atomic mass is 10.0. The summed E-state index contributed by atoms with van der Waals surface area (Å²) in [7, 11) is -1.85. The molecular weight excluding hydrogens is 307 g/mol. The Morgan fingerprint density at radius 1 is 1.18 bits per heavy atom. The molecule has 0 aliphatic carbocycles. The molecule has 2 aliphatic rings. The second-order valence-corrected chi connectivity index (χ2v) is 8.00. The van der Waals surface area contributed by atoms with Crippen LogP contribution in [0.4, 0.5) is 4.39 Å². The highest BCUT2D eigenvalue weighted by Crippen LogP contribution is 2.36. The van der Waals surface area contributed by atoms with Crippen molar-refractivity contribution in [3.8, 4) is 0 Å². The molecule has 5 nitrogen and oxygen atoms in total. The molecule has 7 heteroatoms. The maximum atomic E-state index is 14.1. The summed E-state index contributed by atoms with van der Waals surface area (Å²) in [6.07, 6.45) is 2.82. The fourth-order valence-corrected chi connectivity index (χ4v) is 5.29. The molecule has 0 bridgehead atoms. The lowest BCUT2D eigenvalue weighted by Crippen LogP contribution is -2.44. The summed E-state index contributed by atoms with van der Waals surface area (Å²) in [5, 5.41) is 0.692. The van der Waals surface area contributed by atoms with Crippen LogP contribution >= 0.6 is 0 Å². The van der Waals surface area contributed by atoms with Crippen LogP contribution in [0.25, 0.3) is 0 Å². The van der Waals surface area contributed by atoms with Gasteiger partial charge in [-0.25, -0.2) is 17.1 Å². The number of hydrogen-bond acceptors (Lipinski definition) is 4. The molecule has 22 heavy (non-hydrogen) atoms. The predicted molar refractivity (Wildman–Crippen MR) is 81.0 cm³/mol. The van der Waals surface area contributed by atoms with Gasteiger partial charge >= 0.3 is 0 Å². The van der Waals surface area contributed by atoms with Gasteiger partial charge in [0.25, 0.3) is 0 Å². The molecule has 1 aromatic carbocycles. The SMILES string of the molecule is CN1OC[C@H](S(=O)(=O)N2CCCCC2)[C@H]1c1ccccc1F. The molecule has 122 valence electrons. The maximum absolute atomic E-state index is 14.1. The van der Waals surface area contributed by atoms with Crippen molar-refractivity contribution >= 4 is 10.0 Å². The molecule has 2 fully saturated rings. The summed E-state index contributed by atoms with van der Waals surface area (Å²) >= 11 is 0. The lowest BCUT2D eigenvalue weighted by Gasteiger charge is -2.31. The van der Waals surface area contributed by atoms with E-state index in [1.165, 1.54) is 15.4 Å². The molecule has 0 N–H and O–H groups in total. The number of halogens is 1. The quantitative estimate of drug-likeness (QED) is 0.851. The van der Waals surface area contributed by atoms with Gasteiger partial charge in [-0.3, -0.25) is 4.84 Å². The summed E-state index contributed by atoms with van der Waals surface area (Å²) in [6, 6.07) is 5.68. The van der Waals surface area contributed by atoms with E-state index in [0.717, 1.165) is 19.3 Å². The van der Waals surface area contributed by atoms with Gasteiger partial charge in [0, 0.05) is 25.7 Å². The fraction of sp³-hybridized carbons (Fsp3) is 0.600. The first-order chi connectivity index (χ1) is 10.5. The third-order valence-electron chi connectivity index (χ3n) is 4.47. The number of benzene rings is 1. The van der Waals surface area contributed by atoms with E-state index in [9.17, 15) is 12.8 Å². The second-order valence-electron chi connectivity index (χ2n) is 5.85. The Morgan fingerprint density at radius 2 is 1.86 bits per heavy atom. The minimum Gasteiger partial charge on any atom is -0.297 e. The summed E-state index contributed by atoms with van der Waals surface area (Å²) in [5.74, 6) is -0.399. The van der Waals surface area contributed by atoms with E-state index in [1.54, 1.807) is 25.2 Å². The van der Waals surface area contributed by atoms with Crippen LogP contribution in [0.5, 0.6) is 0 Å². The van der Waals surface area contributed by atoms with E-state index in [2.05, 4.69) is 0 Å². The third kappa shape index (κ3) is 2.78. The summed E-state index contributed by atoms with van der Waals surface area (Å²) < 4.78 is 41.5. The van der Waals surface area contributed by atoms with Crippen LogP contribution in [0.3, 0.4) is 0 Å². The van der Waals surface area contributed by atoms with Crippen LogP contribution in [0.15, 0.2) is 24.3 Å². The zero-order valence-corrected chi connectivity index (χ0v) is 13.4. The van der Waals surface area contributed by atoms with E-state index in [-0.39, 0.29) is 6.61 Å². The number of nitrogens with zero attached hydrogens (tertiary/aromatic N) is 2. The second kappa shape index (κ2) is 6.23. The van der Waals surface area contributed by atoms with Crippen molar-refractivity contribution < 1.29 is 17.6 Å². The number of hydroxylamine groups is 2. The van der Waals surface area contributed by atoms with Crippen molar-refractivity contribution in [3.05, 3.63) is 35.6 Å². The average molecular weight is 328 g/mol. The van der Waals surface area contributed by atoms with E-state index in [0.29, 0.717) is 18.7 Å². The van der Waals surface area contributed by atoms with Crippen molar-refractivity contribution in [2.75, 3.05) is 26.7 Å². The normalized spacial score (nSPS) is 28.1. The monoisotopic (exact) mass is 328 g/mol. The summed E-state index contributed by atoms with van der Waals surface area (Å²) in [6.45, 7) is 1.16. The van der Waals surface area contributed by atoms with Crippen LogP contribution < -0.4 is 0 Å². The molecule has 2 heterocycles. The van der Waals surface area contributed by atoms with Gasteiger partial charge in [-0.2, -0.15) is 5.06 Å². The number of sulfonamides is 1.